The summed E-state index contributed by atoms with van der Waals surface area (Å²) in [6.45, 7) is 0. The molecule has 0 bridgehead atoms. The molecule has 1 N–H and O–H groups in total. The Morgan fingerprint density at radius 2 is 2.05 bits per heavy atom. The van der Waals surface area contributed by atoms with Gasteiger partial charge < -0.3 is 10.1 Å². The van der Waals surface area contributed by atoms with Crippen LogP contribution in [0.4, 0.5) is 5.69 Å². The van der Waals surface area contributed by atoms with E-state index in [1.807, 2.05) is 22.6 Å². The number of hydrogen-bond donors (Lipinski definition) is 1. The average molecular weight is 470 g/mol. The number of nitrogens with one attached hydrogen (secondary N) is 1. The maximum Gasteiger partial charge on any atom is 0.340 e. The molecule has 4 nitrogen and oxygen atoms in total. The maximum absolute atomic E-state index is 12.1. The third-order valence-corrected chi connectivity index (χ3v) is 5.46. The molecule has 8 heteroatoms. The molecule has 0 aliphatic carbocycles. The summed E-state index contributed by atoms with van der Waals surface area (Å²) in [7, 11) is 1.28. The third kappa shape index (κ3) is 4.34. The Balaban J connectivity index is 2.22. The van der Waals surface area contributed by atoms with Gasteiger partial charge in [0.15, 0.2) is 0 Å². The molecule has 22 heavy (non-hydrogen) atoms. The number of amides is 1. The van der Waals surface area contributed by atoms with E-state index >= 15 is 0 Å². The summed E-state index contributed by atoms with van der Waals surface area (Å²) >= 11 is 15.2. The van der Waals surface area contributed by atoms with Gasteiger partial charge in [0.05, 0.1) is 34.1 Å². The molecule has 1 aromatic carbocycles. The Kier molecular flexibility index (Phi) is 6.08. The monoisotopic (exact) mass is 469 g/mol. The van der Waals surface area contributed by atoms with Crippen molar-refractivity contribution in [3.63, 3.8) is 0 Å². The number of thiophene rings is 1. The van der Waals surface area contributed by atoms with Crippen LogP contribution in [0.15, 0.2) is 24.3 Å². The highest BCUT2D eigenvalue weighted by Gasteiger charge is 2.17. The first-order valence-electron chi connectivity index (χ1n) is 6.02. The normalized spacial score (nSPS) is 10.4. The summed E-state index contributed by atoms with van der Waals surface area (Å²) in [5, 5.41) is 3.13. The van der Waals surface area contributed by atoms with Gasteiger partial charge in [0, 0.05) is 8.45 Å². The lowest BCUT2D eigenvalue weighted by Gasteiger charge is -2.11. The van der Waals surface area contributed by atoms with Gasteiger partial charge >= 0.3 is 5.97 Å². The Hall–Kier alpha value is -0.830. The minimum atomic E-state index is -0.538. The molecule has 116 valence electrons. The number of methoxy groups -OCH3 is 1. The smallest absolute Gasteiger partial charge is 0.340 e. The van der Waals surface area contributed by atoms with E-state index in [-0.39, 0.29) is 17.9 Å². The number of halogens is 3. The van der Waals surface area contributed by atoms with Crippen molar-refractivity contribution in [3.8, 4) is 0 Å². The van der Waals surface area contributed by atoms with Crippen molar-refractivity contribution in [2.75, 3.05) is 12.4 Å². The second kappa shape index (κ2) is 7.63. The summed E-state index contributed by atoms with van der Waals surface area (Å²) < 4.78 is 6.04. The highest BCUT2D eigenvalue weighted by Crippen LogP contribution is 2.28. The molecule has 0 atom stereocenters. The summed E-state index contributed by atoms with van der Waals surface area (Å²) in [6, 6.07) is 6.63. The Bertz CT molecular complexity index is 733. The standard InChI is InChI=1S/C14H10Cl2INO3S/c1-21-14(20)8-5-10(17)9(15)6-11(8)18-13(19)4-7-2-3-12(16)22-7/h2-3,5-6H,4H2,1H3,(H,18,19). The molecule has 0 aliphatic rings. The minimum absolute atomic E-state index is 0.168. The largest absolute Gasteiger partial charge is 0.465 e. The Morgan fingerprint density at radius 3 is 2.64 bits per heavy atom. The fraction of sp³-hybridized carbons (Fsp3) is 0.143. The molecular weight excluding hydrogens is 460 g/mol. The molecule has 2 rings (SSSR count). The van der Waals surface area contributed by atoms with Crippen molar-refractivity contribution in [1.82, 2.24) is 0 Å². The van der Waals surface area contributed by atoms with Crippen molar-refractivity contribution in [3.05, 3.63) is 47.6 Å². The number of hydrogen-bond acceptors (Lipinski definition) is 4. The number of benzene rings is 1. The third-order valence-electron chi connectivity index (χ3n) is 2.70. The van der Waals surface area contributed by atoms with Crippen LogP contribution in [0.3, 0.4) is 0 Å². The van der Waals surface area contributed by atoms with Gasteiger partial charge in [-0.1, -0.05) is 23.2 Å². The molecule has 0 saturated carbocycles. The van der Waals surface area contributed by atoms with Crippen molar-refractivity contribution >= 4 is 74.7 Å². The van der Waals surface area contributed by atoms with Crippen LogP contribution in [0.1, 0.15) is 15.2 Å². The number of carbonyl (C=O) groups is 2. The topological polar surface area (TPSA) is 55.4 Å². The zero-order chi connectivity index (χ0) is 16.3. The fourth-order valence-corrected chi connectivity index (χ4v) is 3.45. The van der Waals surface area contributed by atoms with Gasteiger partial charge in [-0.25, -0.2) is 4.79 Å². The van der Waals surface area contributed by atoms with E-state index in [0.29, 0.717) is 18.6 Å². The Labute approximate surface area is 154 Å². The van der Waals surface area contributed by atoms with Gasteiger partial charge in [0.1, 0.15) is 0 Å². The molecular formula is C14H10Cl2INO3S. The van der Waals surface area contributed by atoms with Crippen molar-refractivity contribution in [2.45, 2.75) is 6.42 Å². The maximum atomic E-state index is 12.1. The van der Waals surface area contributed by atoms with E-state index in [9.17, 15) is 9.59 Å². The van der Waals surface area contributed by atoms with Gasteiger partial charge in [-0.3, -0.25) is 4.79 Å². The van der Waals surface area contributed by atoms with Crippen molar-refractivity contribution in [2.24, 2.45) is 0 Å². The molecule has 0 unspecified atom stereocenters. The van der Waals surface area contributed by atoms with E-state index in [1.165, 1.54) is 24.5 Å². The zero-order valence-electron chi connectivity index (χ0n) is 11.3. The van der Waals surface area contributed by atoms with Crippen molar-refractivity contribution in [1.29, 1.82) is 0 Å². The van der Waals surface area contributed by atoms with Gasteiger partial charge in [0.25, 0.3) is 0 Å². The van der Waals surface area contributed by atoms with Crippen LogP contribution in [0.2, 0.25) is 9.36 Å². The molecule has 1 aromatic heterocycles. The highest BCUT2D eigenvalue weighted by atomic mass is 127. The minimum Gasteiger partial charge on any atom is -0.465 e. The first-order valence-corrected chi connectivity index (χ1v) is 8.67. The SMILES string of the molecule is COC(=O)c1cc(I)c(Cl)cc1NC(=O)Cc1ccc(Cl)s1. The number of ether oxygens (including phenoxy) is 1. The van der Waals surface area contributed by atoms with Crippen LogP contribution in [0.25, 0.3) is 0 Å². The highest BCUT2D eigenvalue weighted by molar-refractivity contribution is 14.1. The first-order chi connectivity index (χ1) is 10.4. The molecule has 0 aliphatic heterocycles. The average Bonchev–Trinajstić information content (AvgIpc) is 2.86. The van der Waals surface area contributed by atoms with Crippen LogP contribution in [-0.2, 0) is 16.0 Å². The predicted octanol–water partition coefficient (Wildman–Crippen LogP) is 4.63. The molecule has 0 saturated heterocycles. The number of carbonyl (C=O) groups excluding carboxylic acids is 2. The van der Waals surface area contributed by atoms with Crippen LogP contribution >= 0.6 is 57.1 Å². The van der Waals surface area contributed by atoms with Gasteiger partial charge in [0.2, 0.25) is 5.91 Å². The molecule has 2 aromatic rings. The van der Waals surface area contributed by atoms with E-state index in [2.05, 4.69) is 5.32 Å². The predicted molar refractivity (Wildman–Crippen MR) is 97.2 cm³/mol. The first kappa shape index (κ1) is 17.5. The van der Waals surface area contributed by atoms with E-state index in [0.717, 1.165) is 4.88 Å². The second-order valence-corrected chi connectivity index (χ2v) is 7.60. The number of anilines is 1. The van der Waals surface area contributed by atoms with Crippen LogP contribution in [0, 0.1) is 3.57 Å². The van der Waals surface area contributed by atoms with Gasteiger partial charge in [-0.2, -0.15) is 0 Å². The van der Waals surface area contributed by atoms with E-state index < -0.39 is 5.97 Å². The summed E-state index contributed by atoms with van der Waals surface area (Å²) in [5.74, 6) is -0.801. The number of esters is 1. The number of rotatable bonds is 4. The van der Waals surface area contributed by atoms with Crippen molar-refractivity contribution < 1.29 is 14.3 Å². The van der Waals surface area contributed by atoms with Crippen LogP contribution in [-0.4, -0.2) is 19.0 Å². The lowest BCUT2D eigenvalue weighted by Crippen LogP contribution is -2.17. The lowest BCUT2D eigenvalue weighted by molar-refractivity contribution is -0.115. The van der Waals surface area contributed by atoms with Crippen LogP contribution < -0.4 is 5.32 Å². The van der Waals surface area contributed by atoms with E-state index in [1.54, 1.807) is 18.2 Å². The molecule has 0 spiro atoms. The van der Waals surface area contributed by atoms with Gasteiger partial charge in [-0.05, 0) is 46.9 Å². The second-order valence-electron chi connectivity index (χ2n) is 4.23. The summed E-state index contributed by atoms with van der Waals surface area (Å²) in [5.41, 5.74) is 0.582. The zero-order valence-corrected chi connectivity index (χ0v) is 15.8. The molecule has 0 fully saturated rings. The lowest BCUT2D eigenvalue weighted by atomic mass is 10.1. The quantitative estimate of drug-likeness (QED) is 0.524. The fourth-order valence-electron chi connectivity index (χ4n) is 1.73. The molecule has 1 heterocycles. The van der Waals surface area contributed by atoms with Gasteiger partial charge in [-0.15, -0.1) is 11.3 Å². The molecule has 0 radical (unpaired) electrons. The summed E-state index contributed by atoms with van der Waals surface area (Å²) in [6.07, 6.45) is 0.168. The Morgan fingerprint density at radius 1 is 1.32 bits per heavy atom. The molecule has 1 amide bonds. The van der Waals surface area contributed by atoms with E-state index in [4.69, 9.17) is 27.9 Å². The summed E-state index contributed by atoms with van der Waals surface area (Å²) in [4.78, 5) is 24.7. The van der Waals surface area contributed by atoms with Crippen LogP contribution in [0.5, 0.6) is 0 Å².